The summed E-state index contributed by atoms with van der Waals surface area (Å²) in [7, 11) is 3.40. The summed E-state index contributed by atoms with van der Waals surface area (Å²) in [5.74, 6) is 0.407. The second-order valence-corrected chi connectivity index (χ2v) is 7.48. The molecule has 1 unspecified atom stereocenters. The number of aromatic nitrogens is 1. The first-order valence-corrected chi connectivity index (χ1v) is 9.43. The molecule has 6 nitrogen and oxygen atoms in total. The lowest BCUT2D eigenvalue weighted by Gasteiger charge is -2.22. The van der Waals surface area contributed by atoms with Gasteiger partial charge >= 0.3 is 0 Å². The number of rotatable bonds is 5. The zero-order chi connectivity index (χ0) is 20.4. The van der Waals surface area contributed by atoms with Crippen molar-refractivity contribution in [1.29, 1.82) is 0 Å². The van der Waals surface area contributed by atoms with Gasteiger partial charge in [0.05, 0.1) is 25.3 Å². The van der Waals surface area contributed by atoms with Gasteiger partial charge in [-0.15, -0.1) is 0 Å². The standard InChI is InChI=1S/C22H27N3O3/c1-14-6-8-18(9-7-14)25-12-17(10-20(25)26)22(27)24(4)13-19-16(3)21(28-5)15(2)11-23-19/h6-9,11,17H,10,12-13H2,1-5H3. The lowest BCUT2D eigenvalue weighted by atomic mass is 10.1. The smallest absolute Gasteiger partial charge is 0.228 e. The number of anilines is 1. The third kappa shape index (κ3) is 3.86. The van der Waals surface area contributed by atoms with Crippen molar-refractivity contribution in [3.05, 3.63) is 52.8 Å². The number of hydrogen-bond donors (Lipinski definition) is 0. The Morgan fingerprint density at radius 2 is 1.93 bits per heavy atom. The molecule has 2 aromatic rings. The van der Waals surface area contributed by atoms with Crippen LogP contribution in [-0.4, -0.2) is 42.4 Å². The number of ether oxygens (including phenoxy) is 1. The summed E-state index contributed by atoms with van der Waals surface area (Å²) in [6.45, 7) is 6.70. The third-order valence-electron chi connectivity index (χ3n) is 5.33. The summed E-state index contributed by atoms with van der Waals surface area (Å²) in [6.07, 6.45) is 2.00. The summed E-state index contributed by atoms with van der Waals surface area (Å²) >= 11 is 0. The molecule has 148 valence electrons. The van der Waals surface area contributed by atoms with Crippen molar-refractivity contribution >= 4 is 17.5 Å². The second kappa shape index (κ2) is 8.00. The van der Waals surface area contributed by atoms with E-state index in [0.29, 0.717) is 13.1 Å². The average Bonchev–Trinajstić information content (AvgIpc) is 3.06. The Morgan fingerprint density at radius 3 is 2.57 bits per heavy atom. The van der Waals surface area contributed by atoms with Gasteiger partial charge in [0, 0.05) is 43.0 Å². The number of aryl methyl sites for hydroxylation is 2. The molecule has 1 aliphatic rings. The first kappa shape index (κ1) is 19.9. The van der Waals surface area contributed by atoms with Gasteiger partial charge in [-0.05, 0) is 32.9 Å². The molecule has 1 aromatic heterocycles. The van der Waals surface area contributed by atoms with Crippen LogP contribution in [-0.2, 0) is 16.1 Å². The topological polar surface area (TPSA) is 62.7 Å². The SMILES string of the molecule is COc1c(C)cnc(CN(C)C(=O)C2CC(=O)N(c3ccc(C)cc3)C2)c1C. The maximum atomic E-state index is 12.9. The van der Waals surface area contributed by atoms with E-state index in [1.807, 2.05) is 45.0 Å². The van der Waals surface area contributed by atoms with E-state index in [1.54, 1.807) is 30.2 Å². The van der Waals surface area contributed by atoms with E-state index in [2.05, 4.69) is 4.98 Å². The van der Waals surface area contributed by atoms with Gasteiger partial charge < -0.3 is 14.5 Å². The van der Waals surface area contributed by atoms with E-state index in [1.165, 1.54) is 0 Å². The van der Waals surface area contributed by atoms with Crippen molar-refractivity contribution in [2.45, 2.75) is 33.7 Å². The first-order chi connectivity index (χ1) is 13.3. The largest absolute Gasteiger partial charge is 0.496 e. The molecular formula is C22H27N3O3. The van der Waals surface area contributed by atoms with Crippen molar-refractivity contribution in [1.82, 2.24) is 9.88 Å². The molecule has 3 rings (SSSR count). The first-order valence-electron chi connectivity index (χ1n) is 9.43. The Bertz CT molecular complexity index is 893. The highest BCUT2D eigenvalue weighted by molar-refractivity contribution is 6.00. The molecule has 1 fully saturated rings. The molecule has 0 aliphatic carbocycles. The highest BCUT2D eigenvalue weighted by Gasteiger charge is 2.36. The molecule has 2 amide bonds. The summed E-state index contributed by atoms with van der Waals surface area (Å²) < 4.78 is 5.45. The van der Waals surface area contributed by atoms with Gasteiger partial charge in [0.2, 0.25) is 11.8 Å². The number of nitrogens with zero attached hydrogens (tertiary/aromatic N) is 3. The van der Waals surface area contributed by atoms with Crippen LogP contribution in [0.5, 0.6) is 5.75 Å². The fourth-order valence-electron chi connectivity index (χ4n) is 3.69. The number of carbonyl (C=O) groups excluding carboxylic acids is 2. The van der Waals surface area contributed by atoms with Crippen LogP contribution in [0, 0.1) is 26.7 Å². The van der Waals surface area contributed by atoms with Crippen LogP contribution in [0.1, 0.15) is 28.8 Å². The van der Waals surface area contributed by atoms with Crippen LogP contribution in [0.4, 0.5) is 5.69 Å². The van der Waals surface area contributed by atoms with Crippen molar-refractivity contribution in [3.8, 4) is 5.75 Å². The summed E-state index contributed by atoms with van der Waals surface area (Å²) in [6, 6.07) is 7.80. The molecule has 0 bridgehead atoms. The predicted molar refractivity (Wildman–Crippen MR) is 108 cm³/mol. The Balaban J connectivity index is 1.70. The van der Waals surface area contributed by atoms with Gasteiger partial charge in [-0.3, -0.25) is 14.6 Å². The molecule has 2 heterocycles. The van der Waals surface area contributed by atoms with E-state index in [0.717, 1.165) is 33.8 Å². The number of benzene rings is 1. The zero-order valence-corrected chi connectivity index (χ0v) is 17.2. The van der Waals surface area contributed by atoms with Gasteiger partial charge in [0.1, 0.15) is 5.75 Å². The Labute approximate surface area is 166 Å². The van der Waals surface area contributed by atoms with Crippen LogP contribution in [0.3, 0.4) is 0 Å². The summed E-state index contributed by atoms with van der Waals surface area (Å²) in [5.41, 5.74) is 4.69. The molecule has 0 N–H and O–H groups in total. The third-order valence-corrected chi connectivity index (χ3v) is 5.33. The minimum atomic E-state index is -0.341. The maximum absolute atomic E-state index is 12.9. The quantitative estimate of drug-likeness (QED) is 0.799. The monoisotopic (exact) mass is 381 g/mol. The molecular weight excluding hydrogens is 354 g/mol. The Morgan fingerprint density at radius 1 is 1.25 bits per heavy atom. The van der Waals surface area contributed by atoms with Crippen LogP contribution in [0.15, 0.2) is 30.5 Å². The normalized spacial score (nSPS) is 16.4. The summed E-state index contributed by atoms with van der Waals surface area (Å²) in [4.78, 5) is 33.2. The van der Waals surface area contributed by atoms with Crippen molar-refractivity contribution in [2.24, 2.45) is 5.92 Å². The highest BCUT2D eigenvalue weighted by Crippen LogP contribution is 2.28. The lowest BCUT2D eigenvalue weighted by Crippen LogP contribution is -2.34. The number of pyridine rings is 1. The van der Waals surface area contributed by atoms with Gasteiger partial charge in [-0.1, -0.05) is 17.7 Å². The second-order valence-electron chi connectivity index (χ2n) is 7.48. The van der Waals surface area contributed by atoms with E-state index in [-0.39, 0.29) is 24.2 Å². The van der Waals surface area contributed by atoms with Crippen LogP contribution < -0.4 is 9.64 Å². The molecule has 1 atom stereocenters. The molecule has 0 spiro atoms. The van der Waals surface area contributed by atoms with E-state index < -0.39 is 0 Å². The molecule has 0 saturated carbocycles. The van der Waals surface area contributed by atoms with E-state index >= 15 is 0 Å². The van der Waals surface area contributed by atoms with Crippen molar-refractivity contribution in [3.63, 3.8) is 0 Å². The minimum absolute atomic E-state index is 0.0121. The highest BCUT2D eigenvalue weighted by atomic mass is 16.5. The molecule has 1 aromatic carbocycles. The fourth-order valence-corrected chi connectivity index (χ4v) is 3.69. The van der Waals surface area contributed by atoms with Gasteiger partial charge in [-0.2, -0.15) is 0 Å². The van der Waals surface area contributed by atoms with Crippen LogP contribution in [0.2, 0.25) is 0 Å². The van der Waals surface area contributed by atoms with Gasteiger partial charge in [-0.25, -0.2) is 0 Å². The minimum Gasteiger partial charge on any atom is -0.496 e. The fraction of sp³-hybridized carbons (Fsp3) is 0.409. The molecule has 6 heteroatoms. The number of carbonyl (C=O) groups is 2. The Hall–Kier alpha value is -2.89. The zero-order valence-electron chi connectivity index (χ0n) is 17.2. The predicted octanol–water partition coefficient (Wildman–Crippen LogP) is 3.03. The van der Waals surface area contributed by atoms with Crippen molar-refractivity contribution < 1.29 is 14.3 Å². The van der Waals surface area contributed by atoms with Crippen LogP contribution >= 0.6 is 0 Å². The lowest BCUT2D eigenvalue weighted by molar-refractivity contribution is -0.135. The maximum Gasteiger partial charge on any atom is 0.228 e. The number of hydrogen-bond acceptors (Lipinski definition) is 4. The molecule has 28 heavy (non-hydrogen) atoms. The number of methoxy groups -OCH3 is 1. The average molecular weight is 381 g/mol. The van der Waals surface area contributed by atoms with Gasteiger partial charge in [0.15, 0.2) is 0 Å². The van der Waals surface area contributed by atoms with E-state index in [9.17, 15) is 9.59 Å². The Kier molecular flexibility index (Phi) is 5.68. The molecule has 0 radical (unpaired) electrons. The van der Waals surface area contributed by atoms with E-state index in [4.69, 9.17) is 4.74 Å². The summed E-state index contributed by atoms with van der Waals surface area (Å²) in [5, 5.41) is 0. The number of amides is 2. The molecule has 1 aliphatic heterocycles. The van der Waals surface area contributed by atoms with Gasteiger partial charge in [0.25, 0.3) is 0 Å². The van der Waals surface area contributed by atoms with Crippen molar-refractivity contribution in [2.75, 3.05) is 25.6 Å². The van der Waals surface area contributed by atoms with Crippen LogP contribution in [0.25, 0.3) is 0 Å². The molecule has 1 saturated heterocycles.